The molecule has 3 nitrogen and oxygen atoms in total. The number of nitrogen functional groups attached to an aromatic ring is 1. The zero-order chi connectivity index (χ0) is 12.3. The van der Waals surface area contributed by atoms with Crippen molar-refractivity contribution in [2.75, 3.05) is 5.73 Å². The number of hydrogen-bond acceptors (Lipinski definition) is 3. The Morgan fingerprint density at radius 3 is 2.38 bits per heavy atom. The molecule has 0 aliphatic carbocycles. The molecule has 0 fully saturated rings. The molecule has 0 aliphatic rings. The Bertz CT molecular complexity index is 467. The van der Waals surface area contributed by atoms with E-state index in [4.69, 9.17) is 5.73 Å². The highest BCUT2D eigenvalue weighted by molar-refractivity contribution is 9.10. The molecule has 0 heterocycles. The number of rotatable bonds is 4. The third-order valence-corrected chi connectivity index (χ3v) is 5.64. The highest BCUT2D eigenvalue weighted by Crippen LogP contribution is 2.28. The largest absolute Gasteiger partial charge is 0.398 e. The van der Waals surface area contributed by atoms with Crippen molar-refractivity contribution >= 4 is 31.5 Å². The fourth-order valence-electron chi connectivity index (χ4n) is 1.66. The molecular weight excluding hydrogens is 290 g/mol. The first-order chi connectivity index (χ1) is 7.43. The predicted octanol–water partition coefficient (Wildman–Crippen LogP) is 2.99. The molecule has 0 unspecified atom stereocenters. The van der Waals surface area contributed by atoms with E-state index in [0.29, 0.717) is 18.5 Å². The van der Waals surface area contributed by atoms with Gasteiger partial charge in [0.05, 0.1) is 15.8 Å². The first-order valence-corrected chi connectivity index (χ1v) is 7.56. The summed E-state index contributed by atoms with van der Waals surface area (Å²) in [5.74, 6) is 0. The lowest BCUT2D eigenvalue weighted by Crippen LogP contribution is -2.20. The summed E-state index contributed by atoms with van der Waals surface area (Å²) in [7, 11) is -3.31. The van der Waals surface area contributed by atoms with Crippen LogP contribution in [0.2, 0.25) is 0 Å². The van der Waals surface area contributed by atoms with Crippen molar-refractivity contribution < 1.29 is 8.42 Å². The van der Waals surface area contributed by atoms with Crippen LogP contribution in [0.4, 0.5) is 5.69 Å². The van der Waals surface area contributed by atoms with Crippen LogP contribution in [0.15, 0.2) is 27.6 Å². The van der Waals surface area contributed by atoms with Gasteiger partial charge in [0, 0.05) is 4.47 Å². The van der Waals surface area contributed by atoms with Gasteiger partial charge in [-0.2, -0.15) is 0 Å². The van der Waals surface area contributed by atoms with Gasteiger partial charge in [0.25, 0.3) is 0 Å². The second-order valence-electron chi connectivity index (χ2n) is 3.67. The van der Waals surface area contributed by atoms with E-state index in [1.807, 2.05) is 13.8 Å². The minimum atomic E-state index is -3.31. The summed E-state index contributed by atoms with van der Waals surface area (Å²) < 4.78 is 25.3. The Labute approximate surface area is 105 Å². The quantitative estimate of drug-likeness (QED) is 0.870. The fraction of sp³-hybridized carbons (Fsp3) is 0.455. The van der Waals surface area contributed by atoms with Crippen molar-refractivity contribution in [2.24, 2.45) is 0 Å². The van der Waals surface area contributed by atoms with Gasteiger partial charge in [-0.1, -0.05) is 29.8 Å². The van der Waals surface area contributed by atoms with Gasteiger partial charge in [-0.25, -0.2) is 8.42 Å². The van der Waals surface area contributed by atoms with Crippen LogP contribution in [0.25, 0.3) is 0 Å². The van der Waals surface area contributed by atoms with Gasteiger partial charge in [0.2, 0.25) is 0 Å². The maximum atomic E-state index is 12.3. The van der Waals surface area contributed by atoms with Crippen LogP contribution in [0, 0.1) is 0 Å². The van der Waals surface area contributed by atoms with Gasteiger partial charge in [0.1, 0.15) is 0 Å². The summed E-state index contributed by atoms with van der Waals surface area (Å²) in [6, 6.07) is 4.92. The lowest BCUT2D eigenvalue weighted by Gasteiger charge is -2.15. The van der Waals surface area contributed by atoms with Crippen LogP contribution >= 0.6 is 15.9 Å². The highest BCUT2D eigenvalue weighted by atomic mass is 79.9. The summed E-state index contributed by atoms with van der Waals surface area (Å²) in [6.07, 6.45) is 1.20. The average molecular weight is 306 g/mol. The first kappa shape index (κ1) is 13.5. The van der Waals surface area contributed by atoms with Gasteiger partial charge < -0.3 is 5.73 Å². The lowest BCUT2D eigenvalue weighted by atomic mass is 10.3. The lowest BCUT2D eigenvalue weighted by molar-refractivity contribution is 0.572. The molecule has 0 spiro atoms. The molecular formula is C11H16BrNO2S. The minimum Gasteiger partial charge on any atom is -0.398 e. The molecule has 0 aliphatic heterocycles. The minimum absolute atomic E-state index is 0.232. The third-order valence-electron chi connectivity index (χ3n) is 2.63. The zero-order valence-corrected chi connectivity index (χ0v) is 11.8. The van der Waals surface area contributed by atoms with Crippen LogP contribution in [-0.4, -0.2) is 13.7 Å². The van der Waals surface area contributed by atoms with E-state index in [9.17, 15) is 8.42 Å². The molecule has 1 aromatic carbocycles. The van der Waals surface area contributed by atoms with Gasteiger partial charge in [-0.15, -0.1) is 0 Å². The molecule has 2 N–H and O–H groups in total. The van der Waals surface area contributed by atoms with Crippen LogP contribution in [0.5, 0.6) is 0 Å². The van der Waals surface area contributed by atoms with E-state index >= 15 is 0 Å². The molecule has 0 saturated heterocycles. The molecule has 16 heavy (non-hydrogen) atoms. The van der Waals surface area contributed by atoms with Crippen molar-refractivity contribution in [2.45, 2.75) is 36.8 Å². The van der Waals surface area contributed by atoms with Crippen molar-refractivity contribution in [1.82, 2.24) is 0 Å². The van der Waals surface area contributed by atoms with Gasteiger partial charge >= 0.3 is 0 Å². The second-order valence-corrected chi connectivity index (χ2v) is 6.78. The molecule has 0 atom stereocenters. The number of halogens is 1. The third kappa shape index (κ3) is 2.58. The van der Waals surface area contributed by atoms with Crippen LogP contribution in [0.3, 0.4) is 0 Å². The van der Waals surface area contributed by atoms with Crippen LogP contribution in [-0.2, 0) is 9.84 Å². The number of sulfone groups is 1. The Morgan fingerprint density at radius 1 is 1.31 bits per heavy atom. The van der Waals surface area contributed by atoms with E-state index in [0.717, 1.165) is 4.47 Å². The van der Waals surface area contributed by atoms with E-state index in [1.165, 1.54) is 0 Å². The van der Waals surface area contributed by atoms with E-state index in [-0.39, 0.29) is 10.1 Å². The number of anilines is 1. The second kappa shape index (κ2) is 5.19. The molecule has 90 valence electrons. The highest BCUT2D eigenvalue weighted by Gasteiger charge is 2.26. The first-order valence-electron chi connectivity index (χ1n) is 5.22. The number of benzene rings is 1. The van der Waals surface area contributed by atoms with Crippen molar-refractivity contribution in [3.8, 4) is 0 Å². The van der Waals surface area contributed by atoms with Gasteiger partial charge in [-0.3, -0.25) is 0 Å². The van der Waals surface area contributed by atoms with Crippen molar-refractivity contribution in [3.63, 3.8) is 0 Å². The van der Waals surface area contributed by atoms with E-state index in [1.54, 1.807) is 18.2 Å². The van der Waals surface area contributed by atoms with Crippen molar-refractivity contribution in [1.29, 1.82) is 0 Å². The van der Waals surface area contributed by atoms with E-state index in [2.05, 4.69) is 15.9 Å². The Balaban J connectivity index is 3.31. The molecule has 1 aromatic rings. The molecule has 5 heteroatoms. The fourth-order valence-corrected chi connectivity index (χ4v) is 4.10. The maximum Gasteiger partial charge on any atom is 0.183 e. The topological polar surface area (TPSA) is 60.2 Å². The molecule has 1 rings (SSSR count). The predicted molar refractivity (Wildman–Crippen MR) is 70.1 cm³/mol. The molecule has 0 aromatic heterocycles. The van der Waals surface area contributed by atoms with Crippen LogP contribution in [0.1, 0.15) is 26.7 Å². The monoisotopic (exact) mass is 305 g/mol. The standard InChI is InChI=1S/C11H16BrNO2S/c1-3-9(4-2)16(14,15)11-7-8(12)5-6-10(11)13/h5-7,9H,3-4,13H2,1-2H3. The molecule has 0 radical (unpaired) electrons. The summed E-state index contributed by atoms with van der Waals surface area (Å²) in [5, 5.41) is -0.357. The SMILES string of the molecule is CCC(CC)S(=O)(=O)c1cc(Br)ccc1N. The van der Waals surface area contributed by atoms with Crippen molar-refractivity contribution in [3.05, 3.63) is 22.7 Å². The Hall–Kier alpha value is -0.550. The van der Waals surface area contributed by atoms with Gasteiger partial charge in [-0.05, 0) is 31.0 Å². The maximum absolute atomic E-state index is 12.3. The smallest absolute Gasteiger partial charge is 0.183 e. The molecule has 0 saturated carbocycles. The summed E-state index contributed by atoms with van der Waals surface area (Å²) in [4.78, 5) is 0.232. The Morgan fingerprint density at radius 2 is 1.88 bits per heavy atom. The summed E-state index contributed by atoms with van der Waals surface area (Å²) in [6.45, 7) is 3.75. The average Bonchev–Trinajstić information content (AvgIpc) is 2.23. The van der Waals surface area contributed by atoms with E-state index < -0.39 is 9.84 Å². The number of hydrogen-bond donors (Lipinski definition) is 1. The summed E-state index contributed by atoms with van der Waals surface area (Å²) in [5.41, 5.74) is 6.04. The number of nitrogens with two attached hydrogens (primary N) is 1. The van der Waals surface area contributed by atoms with Crippen LogP contribution < -0.4 is 5.73 Å². The Kier molecular flexibility index (Phi) is 4.38. The molecule has 0 amide bonds. The zero-order valence-electron chi connectivity index (χ0n) is 9.40. The summed E-state index contributed by atoms with van der Waals surface area (Å²) >= 11 is 3.26. The van der Waals surface area contributed by atoms with Gasteiger partial charge in [0.15, 0.2) is 9.84 Å². The normalized spacial score (nSPS) is 12.0. The molecule has 0 bridgehead atoms.